The van der Waals surface area contributed by atoms with E-state index in [2.05, 4.69) is 20.9 Å². The third-order valence-electron chi connectivity index (χ3n) is 4.53. The lowest BCUT2D eigenvalue weighted by atomic mass is 9.97. The molecule has 0 bridgehead atoms. The Hall–Kier alpha value is -1.17. The molecule has 1 aliphatic heterocycles. The van der Waals surface area contributed by atoms with Gasteiger partial charge in [-0.25, -0.2) is 4.98 Å². The molecule has 0 amide bonds. The minimum absolute atomic E-state index is 0.373. The first-order chi connectivity index (χ1) is 9.71. The van der Waals surface area contributed by atoms with Gasteiger partial charge >= 0.3 is 0 Å². The van der Waals surface area contributed by atoms with Crippen molar-refractivity contribution in [1.82, 2.24) is 9.88 Å². The number of pyridine rings is 1. The lowest BCUT2D eigenvalue weighted by Gasteiger charge is -2.39. The third-order valence-corrected chi connectivity index (χ3v) is 4.53. The van der Waals surface area contributed by atoms with E-state index in [1.54, 1.807) is 0 Å². The second kappa shape index (κ2) is 5.68. The summed E-state index contributed by atoms with van der Waals surface area (Å²) in [6, 6.07) is 6.02. The fraction of sp³-hybridized carbons (Fsp3) is 0.667. The van der Waals surface area contributed by atoms with Crippen molar-refractivity contribution in [3.8, 4) is 0 Å². The molecule has 0 aromatic carbocycles. The zero-order chi connectivity index (χ0) is 14.0. The molecule has 1 saturated heterocycles. The van der Waals surface area contributed by atoms with Gasteiger partial charge in [0.1, 0.15) is 5.82 Å². The zero-order valence-corrected chi connectivity index (χ0v) is 11.9. The summed E-state index contributed by atoms with van der Waals surface area (Å²) in [7, 11) is 0. The standard InChI is InChI=1S/C15H24N4O/c16-11-15(20,13-4-5-13)12-18-7-9-19(10-8-18)14-3-1-2-6-17-14/h1-3,6,13,20H,4-5,7-12,16H2. The minimum atomic E-state index is -0.673. The number of hydrogen-bond donors (Lipinski definition) is 2. The van der Waals surface area contributed by atoms with Crippen LogP contribution in [-0.4, -0.2) is 59.9 Å². The smallest absolute Gasteiger partial charge is 0.128 e. The van der Waals surface area contributed by atoms with Gasteiger partial charge in [-0.05, 0) is 30.9 Å². The molecule has 5 nitrogen and oxygen atoms in total. The van der Waals surface area contributed by atoms with Crippen LogP contribution >= 0.6 is 0 Å². The van der Waals surface area contributed by atoms with E-state index in [0.717, 1.165) is 44.8 Å². The summed E-state index contributed by atoms with van der Waals surface area (Å²) in [6.07, 6.45) is 4.09. The van der Waals surface area contributed by atoms with Gasteiger partial charge in [0, 0.05) is 45.5 Å². The Labute approximate surface area is 120 Å². The first-order valence-corrected chi connectivity index (χ1v) is 7.52. The molecule has 0 radical (unpaired) electrons. The molecule has 0 spiro atoms. The minimum Gasteiger partial charge on any atom is -0.387 e. The molecule has 2 heterocycles. The van der Waals surface area contributed by atoms with Crippen LogP contribution in [0.4, 0.5) is 5.82 Å². The predicted molar refractivity (Wildman–Crippen MR) is 79.6 cm³/mol. The second-order valence-corrected chi connectivity index (χ2v) is 6.03. The van der Waals surface area contributed by atoms with Crippen LogP contribution in [0.3, 0.4) is 0 Å². The molecule has 2 aliphatic rings. The third kappa shape index (κ3) is 2.95. The largest absolute Gasteiger partial charge is 0.387 e. The Morgan fingerprint density at radius 2 is 2.00 bits per heavy atom. The molecule has 1 unspecified atom stereocenters. The zero-order valence-electron chi connectivity index (χ0n) is 11.9. The van der Waals surface area contributed by atoms with E-state index in [1.807, 2.05) is 18.3 Å². The van der Waals surface area contributed by atoms with E-state index in [4.69, 9.17) is 5.73 Å². The Morgan fingerprint density at radius 3 is 2.55 bits per heavy atom. The van der Waals surface area contributed by atoms with Gasteiger partial charge in [0.15, 0.2) is 0 Å². The van der Waals surface area contributed by atoms with E-state index in [1.165, 1.54) is 0 Å². The number of aliphatic hydroxyl groups is 1. The quantitative estimate of drug-likeness (QED) is 0.810. The average Bonchev–Trinajstić information content (AvgIpc) is 3.34. The Balaban J connectivity index is 1.53. The highest BCUT2D eigenvalue weighted by Crippen LogP contribution is 2.39. The van der Waals surface area contributed by atoms with Crippen LogP contribution in [0, 0.1) is 5.92 Å². The molecular formula is C15H24N4O. The fourth-order valence-electron chi connectivity index (χ4n) is 3.04. The Kier molecular flexibility index (Phi) is 3.92. The van der Waals surface area contributed by atoms with Gasteiger partial charge in [0.05, 0.1) is 5.60 Å². The fourth-order valence-corrected chi connectivity index (χ4v) is 3.04. The highest BCUT2D eigenvalue weighted by molar-refractivity contribution is 5.38. The predicted octanol–water partition coefficient (Wildman–Crippen LogP) is 0.303. The molecule has 1 atom stereocenters. The van der Waals surface area contributed by atoms with Gasteiger partial charge in [-0.15, -0.1) is 0 Å². The summed E-state index contributed by atoms with van der Waals surface area (Å²) < 4.78 is 0. The Bertz CT molecular complexity index is 429. The molecule has 1 aliphatic carbocycles. The van der Waals surface area contributed by atoms with Crippen molar-refractivity contribution in [2.24, 2.45) is 11.7 Å². The molecule has 1 saturated carbocycles. The lowest BCUT2D eigenvalue weighted by Crippen LogP contribution is -2.55. The number of nitrogens with zero attached hydrogens (tertiary/aromatic N) is 3. The lowest BCUT2D eigenvalue weighted by molar-refractivity contribution is -0.00943. The summed E-state index contributed by atoms with van der Waals surface area (Å²) in [6.45, 7) is 4.93. The van der Waals surface area contributed by atoms with Crippen molar-refractivity contribution >= 4 is 5.82 Å². The highest BCUT2D eigenvalue weighted by atomic mass is 16.3. The van der Waals surface area contributed by atoms with E-state index in [0.29, 0.717) is 19.0 Å². The number of aromatic nitrogens is 1. The van der Waals surface area contributed by atoms with Gasteiger partial charge < -0.3 is 15.7 Å². The normalized spacial score (nSPS) is 23.6. The number of β-amino-alcohol motifs (C(OH)–C–C–N with tert-alkyl or cyclic N) is 1. The monoisotopic (exact) mass is 276 g/mol. The summed E-state index contributed by atoms with van der Waals surface area (Å²) in [4.78, 5) is 9.03. The van der Waals surface area contributed by atoms with E-state index < -0.39 is 5.60 Å². The van der Waals surface area contributed by atoms with Gasteiger partial charge in [-0.1, -0.05) is 6.07 Å². The number of nitrogens with two attached hydrogens (primary N) is 1. The molecule has 1 aromatic rings. The highest BCUT2D eigenvalue weighted by Gasteiger charge is 2.44. The molecule has 1 aromatic heterocycles. The number of hydrogen-bond acceptors (Lipinski definition) is 5. The van der Waals surface area contributed by atoms with Crippen molar-refractivity contribution in [3.05, 3.63) is 24.4 Å². The summed E-state index contributed by atoms with van der Waals surface area (Å²) in [5.74, 6) is 1.46. The first kappa shape index (κ1) is 13.8. The van der Waals surface area contributed by atoms with Crippen LogP contribution in [0.5, 0.6) is 0 Å². The first-order valence-electron chi connectivity index (χ1n) is 7.52. The van der Waals surface area contributed by atoms with Gasteiger partial charge in [0.2, 0.25) is 0 Å². The number of rotatable bonds is 5. The van der Waals surface area contributed by atoms with Crippen molar-refractivity contribution in [2.75, 3.05) is 44.2 Å². The van der Waals surface area contributed by atoms with Crippen molar-refractivity contribution in [3.63, 3.8) is 0 Å². The van der Waals surface area contributed by atoms with E-state index >= 15 is 0 Å². The van der Waals surface area contributed by atoms with Crippen LogP contribution < -0.4 is 10.6 Å². The maximum atomic E-state index is 10.6. The number of anilines is 1. The van der Waals surface area contributed by atoms with Crippen molar-refractivity contribution in [2.45, 2.75) is 18.4 Å². The van der Waals surface area contributed by atoms with Crippen molar-refractivity contribution in [1.29, 1.82) is 0 Å². The molecule has 3 rings (SSSR count). The van der Waals surface area contributed by atoms with Crippen LogP contribution in [0.25, 0.3) is 0 Å². The number of piperazine rings is 1. The molecule has 110 valence electrons. The second-order valence-electron chi connectivity index (χ2n) is 6.03. The molecular weight excluding hydrogens is 252 g/mol. The molecule has 2 fully saturated rings. The van der Waals surface area contributed by atoms with Gasteiger partial charge in [0.25, 0.3) is 0 Å². The SMILES string of the molecule is NCC(O)(CN1CCN(c2ccccn2)CC1)C1CC1. The van der Waals surface area contributed by atoms with Crippen molar-refractivity contribution < 1.29 is 5.11 Å². The van der Waals surface area contributed by atoms with Crippen LogP contribution in [0.15, 0.2) is 24.4 Å². The summed E-state index contributed by atoms with van der Waals surface area (Å²) >= 11 is 0. The Morgan fingerprint density at radius 1 is 1.25 bits per heavy atom. The molecule has 20 heavy (non-hydrogen) atoms. The maximum absolute atomic E-state index is 10.6. The maximum Gasteiger partial charge on any atom is 0.128 e. The van der Waals surface area contributed by atoms with E-state index in [9.17, 15) is 5.11 Å². The van der Waals surface area contributed by atoms with Gasteiger partial charge in [-0.2, -0.15) is 0 Å². The molecule has 3 N–H and O–H groups in total. The molecule has 5 heteroatoms. The summed E-state index contributed by atoms with van der Waals surface area (Å²) in [5.41, 5.74) is 5.11. The van der Waals surface area contributed by atoms with Crippen LogP contribution in [0.2, 0.25) is 0 Å². The van der Waals surface area contributed by atoms with Crippen LogP contribution in [-0.2, 0) is 0 Å². The summed E-state index contributed by atoms with van der Waals surface area (Å²) in [5, 5.41) is 10.6. The van der Waals surface area contributed by atoms with Gasteiger partial charge in [-0.3, -0.25) is 4.90 Å². The van der Waals surface area contributed by atoms with Crippen LogP contribution in [0.1, 0.15) is 12.8 Å². The average molecular weight is 276 g/mol. The van der Waals surface area contributed by atoms with E-state index in [-0.39, 0.29) is 0 Å². The topological polar surface area (TPSA) is 65.6 Å².